The van der Waals surface area contributed by atoms with Gasteiger partial charge in [-0.25, -0.2) is 9.97 Å². The van der Waals surface area contributed by atoms with Gasteiger partial charge in [-0.15, -0.1) is 0 Å². The van der Waals surface area contributed by atoms with Crippen molar-refractivity contribution in [2.45, 2.75) is 5.41 Å². The van der Waals surface area contributed by atoms with Gasteiger partial charge in [0.1, 0.15) is 11.2 Å². The van der Waals surface area contributed by atoms with Crippen LogP contribution >= 0.6 is 0 Å². The molecule has 0 unspecified atom stereocenters. The fourth-order valence-electron chi connectivity index (χ4n) is 10.5. The molecule has 0 saturated carbocycles. The third-order valence-corrected chi connectivity index (χ3v) is 13.6. The fourth-order valence-corrected chi connectivity index (χ4v) is 10.5. The lowest BCUT2D eigenvalue weighted by Crippen LogP contribution is -2.28. The SMILES string of the molecule is c1ccc(-c2nc(-c3ccc(-c4ccc5cc(-c6cccc7c6oc6ccccc67)ccc5c4)cc3)cc(-c3ccc4c(c3)C(c3ccccc3)(c3ccccc3)c3ccccc3-4)n2)cc1. The first kappa shape index (κ1) is 37.9. The number of nitrogens with zero attached hydrogens (tertiary/aromatic N) is 2. The van der Waals surface area contributed by atoms with Crippen LogP contribution in [-0.4, -0.2) is 9.97 Å². The highest BCUT2D eigenvalue weighted by atomic mass is 16.3. The first-order valence-corrected chi connectivity index (χ1v) is 22.5. The van der Waals surface area contributed by atoms with Gasteiger partial charge in [-0.1, -0.05) is 212 Å². The minimum absolute atomic E-state index is 0.506. The molecule has 0 atom stereocenters. The lowest BCUT2D eigenvalue weighted by Gasteiger charge is -2.34. The van der Waals surface area contributed by atoms with Crippen LogP contribution in [0, 0.1) is 0 Å². The molecule has 0 radical (unpaired) electrons. The first-order valence-electron chi connectivity index (χ1n) is 22.5. The van der Waals surface area contributed by atoms with Gasteiger partial charge in [0.25, 0.3) is 0 Å². The van der Waals surface area contributed by atoms with Gasteiger partial charge in [0.2, 0.25) is 0 Å². The summed E-state index contributed by atoms with van der Waals surface area (Å²) in [7, 11) is 0. The lowest BCUT2D eigenvalue weighted by atomic mass is 9.67. The summed E-state index contributed by atoms with van der Waals surface area (Å²) < 4.78 is 6.38. The van der Waals surface area contributed by atoms with Crippen LogP contribution in [0.1, 0.15) is 22.3 Å². The molecule has 2 aromatic heterocycles. The van der Waals surface area contributed by atoms with Crippen LogP contribution in [0.3, 0.4) is 0 Å². The summed E-state index contributed by atoms with van der Waals surface area (Å²) in [5, 5.41) is 4.65. The number of hydrogen-bond donors (Lipinski definition) is 0. The van der Waals surface area contributed by atoms with Crippen LogP contribution in [-0.2, 0) is 5.41 Å². The highest BCUT2D eigenvalue weighted by Crippen LogP contribution is 2.56. The molecule has 2 heterocycles. The molecule has 0 bridgehead atoms. The van der Waals surface area contributed by atoms with Crippen molar-refractivity contribution in [1.29, 1.82) is 0 Å². The molecule has 1 aliphatic rings. The predicted octanol–water partition coefficient (Wildman–Crippen LogP) is 16.2. The van der Waals surface area contributed by atoms with Crippen LogP contribution < -0.4 is 0 Å². The van der Waals surface area contributed by atoms with E-state index in [9.17, 15) is 0 Å². The first-order chi connectivity index (χ1) is 32.7. The summed E-state index contributed by atoms with van der Waals surface area (Å²) in [5.74, 6) is 0.693. The van der Waals surface area contributed by atoms with Gasteiger partial charge in [-0.2, -0.15) is 0 Å². The summed E-state index contributed by atoms with van der Waals surface area (Å²) in [4.78, 5) is 10.5. The van der Waals surface area contributed by atoms with Crippen LogP contribution in [0.25, 0.3) is 100.0 Å². The van der Waals surface area contributed by atoms with E-state index in [1.807, 2.05) is 30.3 Å². The van der Waals surface area contributed by atoms with Crippen LogP contribution in [0.15, 0.2) is 247 Å². The Balaban J connectivity index is 0.884. The number of fused-ring (bicyclic) bond motifs is 7. The third-order valence-electron chi connectivity index (χ3n) is 13.6. The Labute approximate surface area is 383 Å². The normalized spacial score (nSPS) is 12.7. The lowest BCUT2D eigenvalue weighted by molar-refractivity contribution is 0.670. The average Bonchev–Trinajstić information content (AvgIpc) is 3.93. The third kappa shape index (κ3) is 6.05. The molecule has 1 aliphatic carbocycles. The molecule has 10 aromatic carbocycles. The van der Waals surface area contributed by atoms with E-state index >= 15 is 0 Å². The van der Waals surface area contributed by atoms with E-state index in [1.165, 1.54) is 44.2 Å². The Kier molecular flexibility index (Phi) is 8.75. The largest absolute Gasteiger partial charge is 0.455 e. The minimum atomic E-state index is -0.506. The maximum Gasteiger partial charge on any atom is 0.160 e. The smallest absolute Gasteiger partial charge is 0.160 e. The van der Waals surface area contributed by atoms with E-state index in [0.29, 0.717) is 5.82 Å². The molecule has 3 heteroatoms. The second kappa shape index (κ2) is 15.3. The van der Waals surface area contributed by atoms with Gasteiger partial charge in [0, 0.05) is 33.0 Å². The van der Waals surface area contributed by atoms with Crippen LogP contribution in [0.2, 0.25) is 0 Å². The molecule has 0 saturated heterocycles. The Morgan fingerprint density at radius 1 is 0.318 bits per heavy atom. The highest BCUT2D eigenvalue weighted by molar-refractivity contribution is 6.10. The molecule has 0 spiro atoms. The second-order valence-electron chi connectivity index (χ2n) is 17.3. The number of rotatable bonds is 7. The minimum Gasteiger partial charge on any atom is -0.455 e. The molecule has 308 valence electrons. The van der Waals surface area contributed by atoms with Gasteiger partial charge in [-0.3, -0.25) is 0 Å². The summed E-state index contributed by atoms with van der Waals surface area (Å²) in [5.41, 5.74) is 18.2. The number of para-hydroxylation sites is 2. The Hall–Kier alpha value is -8.66. The van der Waals surface area contributed by atoms with Gasteiger partial charge in [0.05, 0.1) is 16.8 Å². The topological polar surface area (TPSA) is 38.9 Å². The van der Waals surface area contributed by atoms with Crippen molar-refractivity contribution in [2.75, 3.05) is 0 Å². The summed E-state index contributed by atoms with van der Waals surface area (Å²) in [6, 6.07) is 87.0. The highest BCUT2D eigenvalue weighted by Gasteiger charge is 2.46. The molecular formula is C63H40N2O. The molecular weight excluding hydrogens is 801 g/mol. The Bertz CT molecular complexity index is 3760. The zero-order chi connectivity index (χ0) is 43.6. The summed E-state index contributed by atoms with van der Waals surface area (Å²) >= 11 is 0. The zero-order valence-electron chi connectivity index (χ0n) is 35.9. The van der Waals surface area contributed by atoms with E-state index in [1.54, 1.807) is 0 Å². The Morgan fingerprint density at radius 2 is 0.864 bits per heavy atom. The molecule has 0 fully saturated rings. The van der Waals surface area contributed by atoms with Crippen LogP contribution in [0.4, 0.5) is 0 Å². The number of benzene rings is 10. The van der Waals surface area contributed by atoms with Crippen molar-refractivity contribution in [1.82, 2.24) is 9.97 Å². The van der Waals surface area contributed by atoms with E-state index in [4.69, 9.17) is 14.4 Å². The van der Waals surface area contributed by atoms with E-state index in [-0.39, 0.29) is 0 Å². The maximum atomic E-state index is 6.38. The Morgan fingerprint density at radius 3 is 1.62 bits per heavy atom. The van der Waals surface area contributed by atoms with Crippen molar-refractivity contribution in [3.05, 3.63) is 265 Å². The molecule has 0 aliphatic heterocycles. The van der Waals surface area contributed by atoms with E-state index < -0.39 is 5.41 Å². The van der Waals surface area contributed by atoms with Gasteiger partial charge in [-0.05, 0) is 91.2 Å². The number of aromatic nitrogens is 2. The summed E-state index contributed by atoms with van der Waals surface area (Å²) in [6.07, 6.45) is 0. The van der Waals surface area contributed by atoms with Crippen molar-refractivity contribution < 1.29 is 4.42 Å². The van der Waals surface area contributed by atoms with Gasteiger partial charge in [0.15, 0.2) is 5.82 Å². The molecule has 66 heavy (non-hydrogen) atoms. The molecule has 13 rings (SSSR count). The zero-order valence-corrected chi connectivity index (χ0v) is 35.9. The predicted molar refractivity (Wildman–Crippen MR) is 271 cm³/mol. The quantitative estimate of drug-likeness (QED) is 0.160. The van der Waals surface area contributed by atoms with E-state index in [0.717, 1.165) is 72.3 Å². The summed E-state index contributed by atoms with van der Waals surface area (Å²) in [6.45, 7) is 0. The van der Waals surface area contributed by atoms with Gasteiger partial charge >= 0.3 is 0 Å². The monoisotopic (exact) mass is 840 g/mol. The standard InChI is InChI=1S/C63H40N2O/c1-4-15-43(16-5-1)62-64-58(40-59(65-62)48-35-36-53-52-21-10-12-25-56(52)63(57(53)39-48,49-17-6-2-7-18-49)50-19-8-3-9-20-50)42-29-27-41(28-30-42)44-31-32-46-38-47(34-33-45(46)37-44)51-23-14-24-55-54-22-11-13-26-60(54)66-61(51)55/h1-40H. The molecule has 0 N–H and O–H groups in total. The van der Waals surface area contributed by atoms with Crippen molar-refractivity contribution in [2.24, 2.45) is 0 Å². The van der Waals surface area contributed by atoms with Gasteiger partial charge < -0.3 is 4.42 Å². The molecule has 12 aromatic rings. The van der Waals surface area contributed by atoms with Crippen molar-refractivity contribution in [3.8, 4) is 67.3 Å². The second-order valence-corrected chi connectivity index (χ2v) is 17.3. The molecule has 0 amide bonds. The average molecular weight is 841 g/mol. The maximum absolute atomic E-state index is 6.38. The number of hydrogen-bond acceptors (Lipinski definition) is 3. The van der Waals surface area contributed by atoms with Crippen LogP contribution in [0.5, 0.6) is 0 Å². The number of furan rings is 1. The fraction of sp³-hybridized carbons (Fsp3) is 0.0159. The molecule has 3 nitrogen and oxygen atoms in total. The van der Waals surface area contributed by atoms with E-state index in [2.05, 4.69) is 212 Å². The van der Waals surface area contributed by atoms with Crippen molar-refractivity contribution in [3.63, 3.8) is 0 Å². The van der Waals surface area contributed by atoms with Crippen molar-refractivity contribution >= 4 is 32.7 Å².